The molecule has 140 valence electrons. The van der Waals surface area contributed by atoms with E-state index in [9.17, 15) is 4.79 Å². The van der Waals surface area contributed by atoms with Crippen molar-refractivity contribution < 1.29 is 4.79 Å². The number of nitrogens with zero attached hydrogens (tertiary/aromatic N) is 3. The number of hydrogen-bond donors (Lipinski definition) is 1. The average Bonchev–Trinajstić information content (AvgIpc) is 2.70. The Kier molecular flexibility index (Phi) is 6.46. The Morgan fingerprint density at radius 3 is 2.48 bits per heavy atom. The number of halogens is 1. The van der Waals surface area contributed by atoms with Crippen LogP contribution in [0.5, 0.6) is 0 Å². The molecule has 1 aliphatic heterocycles. The van der Waals surface area contributed by atoms with Crippen LogP contribution in [0.2, 0.25) is 5.02 Å². The number of benzene rings is 2. The maximum absolute atomic E-state index is 12.6. The Labute approximate surface area is 165 Å². The van der Waals surface area contributed by atoms with E-state index in [1.165, 1.54) is 5.56 Å². The molecule has 0 unspecified atom stereocenters. The lowest BCUT2D eigenvalue weighted by Crippen LogP contribution is -2.52. The molecule has 5 nitrogen and oxygen atoms in total. The lowest BCUT2D eigenvalue weighted by molar-refractivity contribution is -0.121. The normalized spacial score (nSPS) is 16.5. The zero-order valence-corrected chi connectivity index (χ0v) is 16.1. The van der Waals surface area contributed by atoms with Gasteiger partial charge in [0.2, 0.25) is 5.91 Å². The number of nitriles is 1. The van der Waals surface area contributed by atoms with Crippen molar-refractivity contribution in [2.75, 3.05) is 31.5 Å². The average molecular weight is 383 g/mol. The third-order valence-electron chi connectivity index (χ3n) is 4.96. The first-order chi connectivity index (χ1) is 13.1. The van der Waals surface area contributed by atoms with Crippen LogP contribution < -0.4 is 5.32 Å². The minimum absolute atomic E-state index is 0.0798. The van der Waals surface area contributed by atoms with Crippen molar-refractivity contribution in [2.24, 2.45) is 0 Å². The molecule has 1 heterocycles. The Balaban J connectivity index is 1.52. The van der Waals surface area contributed by atoms with Crippen LogP contribution in [-0.2, 0) is 11.3 Å². The van der Waals surface area contributed by atoms with Crippen molar-refractivity contribution in [3.8, 4) is 6.07 Å². The zero-order valence-electron chi connectivity index (χ0n) is 15.4. The van der Waals surface area contributed by atoms with Crippen molar-refractivity contribution in [3.05, 3.63) is 64.7 Å². The quantitative estimate of drug-likeness (QED) is 0.861. The summed E-state index contributed by atoms with van der Waals surface area (Å²) < 4.78 is 0. The lowest BCUT2D eigenvalue weighted by Gasteiger charge is -2.37. The van der Waals surface area contributed by atoms with E-state index in [1.54, 1.807) is 18.2 Å². The summed E-state index contributed by atoms with van der Waals surface area (Å²) in [6.07, 6.45) is 0. The number of carbonyl (C=O) groups excluding carboxylic acids is 1. The SMILES string of the molecule is C[C@H](C(=O)Nc1ccccc1C#N)N1CCN(Cc2ccc(Cl)cc2)CC1. The Morgan fingerprint density at radius 1 is 1.15 bits per heavy atom. The van der Waals surface area contributed by atoms with Gasteiger partial charge in [-0.2, -0.15) is 5.26 Å². The molecule has 0 spiro atoms. The van der Waals surface area contributed by atoms with Gasteiger partial charge in [0, 0.05) is 37.7 Å². The fraction of sp³-hybridized carbons (Fsp3) is 0.333. The van der Waals surface area contributed by atoms with E-state index in [-0.39, 0.29) is 11.9 Å². The van der Waals surface area contributed by atoms with Crippen LogP contribution in [0.15, 0.2) is 48.5 Å². The van der Waals surface area contributed by atoms with Crippen molar-refractivity contribution in [1.82, 2.24) is 9.80 Å². The van der Waals surface area contributed by atoms with Gasteiger partial charge in [-0.3, -0.25) is 14.6 Å². The summed E-state index contributed by atoms with van der Waals surface area (Å²) in [6, 6.07) is 16.9. The predicted molar refractivity (Wildman–Crippen MR) is 108 cm³/mol. The van der Waals surface area contributed by atoms with E-state index < -0.39 is 0 Å². The highest BCUT2D eigenvalue weighted by atomic mass is 35.5. The van der Waals surface area contributed by atoms with E-state index in [0.29, 0.717) is 11.3 Å². The van der Waals surface area contributed by atoms with Crippen molar-refractivity contribution in [2.45, 2.75) is 19.5 Å². The van der Waals surface area contributed by atoms with E-state index in [0.717, 1.165) is 37.7 Å². The number of anilines is 1. The van der Waals surface area contributed by atoms with Gasteiger partial charge in [0.1, 0.15) is 6.07 Å². The molecule has 1 atom stereocenters. The highest BCUT2D eigenvalue weighted by Gasteiger charge is 2.26. The molecular weight excluding hydrogens is 360 g/mol. The predicted octanol–water partition coefficient (Wildman–Crippen LogP) is 3.36. The molecule has 0 saturated carbocycles. The van der Waals surface area contributed by atoms with Gasteiger partial charge in [0.15, 0.2) is 0 Å². The first-order valence-corrected chi connectivity index (χ1v) is 9.45. The van der Waals surface area contributed by atoms with Crippen LogP contribution in [-0.4, -0.2) is 47.9 Å². The van der Waals surface area contributed by atoms with E-state index in [2.05, 4.69) is 33.3 Å². The molecule has 2 aromatic carbocycles. The highest BCUT2D eigenvalue weighted by Crippen LogP contribution is 2.16. The Hall–Kier alpha value is -2.39. The summed E-state index contributed by atoms with van der Waals surface area (Å²) in [5.74, 6) is -0.0798. The monoisotopic (exact) mass is 382 g/mol. The molecule has 1 fully saturated rings. The second-order valence-corrected chi connectivity index (χ2v) is 7.20. The number of para-hydroxylation sites is 1. The smallest absolute Gasteiger partial charge is 0.241 e. The van der Waals surface area contributed by atoms with E-state index in [4.69, 9.17) is 16.9 Å². The molecule has 27 heavy (non-hydrogen) atoms. The number of carbonyl (C=O) groups is 1. The van der Waals surface area contributed by atoms with Crippen molar-refractivity contribution >= 4 is 23.2 Å². The fourth-order valence-corrected chi connectivity index (χ4v) is 3.38. The first kappa shape index (κ1) is 19.4. The van der Waals surface area contributed by atoms with Crippen LogP contribution in [0.4, 0.5) is 5.69 Å². The fourth-order valence-electron chi connectivity index (χ4n) is 3.25. The molecule has 1 saturated heterocycles. The van der Waals surface area contributed by atoms with Crippen molar-refractivity contribution in [1.29, 1.82) is 5.26 Å². The highest BCUT2D eigenvalue weighted by molar-refractivity contribution is 6.30. The maximum atomic E-state index is 12.6. The minimum atomic E-state index is -0.241. The third kappa shape index (κ3) is 5.08. The summed E-state index contributed by atoms with van der Waals surface area (Å²) in [5.41, 5.74) is 2.29. The number of amides is 1. The molecule has 1 amide bonds. The van der Waals surface area contributed by atoms with Gasteiger partial charge in [-0.1, -0.05) is 35.9 Å². The van der Waals surface area contributed by atoms with Gasteiger partial charge in [-0.25, -0.2) is 0 Å². The summed E-state index contributed by atoms with van der Waals surface area (Å²) in [7, 11) is 0. The third-order valence-corrected chi connectivity index (χ3v) is 5.21. The Bertz CT molecular complexity index is 823. The second-order valence-electron chi connectivity index (χ2n) is 6.76. The van der Waals surface area contributed by atoms with Crippen LogP contribution in [0.25, 0.3) is 0 Å². The lowest BCUT2D eigenvalue weighted by atomic mass is 10.1. The maximum Gasteiger partial charge on any atom is 0.241 e. The summed E-state index contributed by atoms with van der Waals surface area (Å²) in [4.78, 5) is 17.2. The first-order valence-electron chi connectivity index (χ1n) is 9.07. The number of rotatable bonds is 5. The molecule has 0 aromatic heterocycles. The minimum Gasteiger partial charge on any atom is -0.324 e. The molecule has 6 heteroatoms. The molecule has 3 rings (SSSR count). The van der Waals surface area contributed by atoms with Crippen LogP contribution in [0, 0.1) is 11.3 Å². The number of nitrogens with one attached hydrogen (secondary N) is 1. The van der Waals surface area contributed by atoms with Gasteiger partial charge in [0.25, 0.3) is 0 Å². The van der Waals surface area contributed by atoms with Crippen LogP contribution in [0.1, 0.15) is 18.1 Å². The Morgan fingerprint density at radius 2 is 1.81 bits per heavy atom. The summed E-state index contributed by atoms with van der Waals surface area (Å²) in [6.45, 7) is 6.30. The molecule has 0 aliphatic carbocycles. The van der Waals surface area contributed by atoms with Gasteiger partial charge in [0.05, 0.1) is 17.3 Å². The topological polar surface area (TPSA) is 59.4 Å². The molecule has 1 N–H and O–H groups in total. The largest absolute Gasteiger partial charge is 0.324 e. The van der Waals surface area contributed by atoms with Gasteiger partial charge in [-0.15, -0.1) is 0 Å². The van der Waals surface area contributed by atoms with Crippen LogP contribution in [0.3, 0.4) is 0 Å². The second kappa shape index (κ2) is 9.01. The molecule has 0 bridgehead atoms. The molecule has 2 aromatic rings. The molecule has 0 radical (unpaired) electrons. The summed E-state index contributed by atoms with van der Waals surface area (Å²) >= 11 is 5.94. The number of hydrogen-bond acceptors (Lipinski definition) is 4. The molecular formula is C21H23ClN4O. The summed E-state index contributed by atoms with van der Waals surface area (Å²) in [5, 5.41) is 12.8. The van der Waals surface area contributed by atoms with Crippen LogP contribution >= 0.6 is 11.6 Å². The standard InChI is InChI=1S/C21H23ClN4O/c1-16(21(27)24-20-5-3-2-4-18(20)14-23)26-12-10-25(11-13-26)15-17-6-8-19(22)9-7-17/h2-9,16H,10-13,15H2,1H3,(H,24,27)/t16-/m1/s1. The van der Waals surface area contributed by atoms with Gasteiger partial charge >= 0.3 is 0 Å². The number of piperazine rings is 1. The van der Waals surface area contributed by atoms with E-state index in [1.807, 2.05) is 25.1 Å². The zero-order chi connectivity index (χ0) is 19.2. The van der Waals surface area contributed by atoms with Gasteiger partial charge in [-0.05, 0) is 36.8 Å². The van der Waals surface area contributed by atoms with Crippen molar-refractivity contribution in [3.63, 3.8) is 0 Å². The van der Waals surface area contributed by atoms with Gasteiger partial charge < -0.3 is 5.32 Å². The molecule has 1 aliphatic rings. The van der Waals surface area contributed by atoms with E-state index >= 15 is 0 Å².